The van der Waals surface area contributed by atoms with Gasteiger partial charge in [0, 0.05) is 0 Å². The maximum atomic E-state index is 10.5. The van der Waals surface area contributed by atoms with Crippen LogP contribution in [0.1, 0.15) is 6.92 Å². The van der Waals surface area contributed by atoms with Gasteiger partial charge in [-0.15, -0.1) is 0 Å². The minimum atomic E-state index is -1.07. The summed E-state index contributed by atoms with van der Waals surface area (Å²) in [5.74, 6) is -0.818. The van der Waals surface area contributed by atoms with Crippen LogP contribution in [0.5, 0.6) is 0 Å². The molecule has 0 fully saturated rings. The van der Waals surface area contributed by atoms with Crippen LogP contribution in [0.3, 0.4) is 0 Å². The van der Waals surface area contributed by atoms with Crippen molar-refractivity contribution in [1.82, 2.24) is 0 Å². The Labute approximate surface area is 83.0 Å². The van der Waals surface area contributed by atoms with Crippen LogP contribution < -0.4 is 0 Å². The first-order chi connectivity index (χ1) is 5.52. The molecule has 0 aromatic rings. The molecule has 0 spiro atoms. The Hall–Kier alpha value is -0.320. The maximum Gasteiger partial charge on any atom is 0.346 e. The molecule has 0 saturated heterocycles. The summed E-state index contributed by atoms with van der Waals surface area (Å²) in [6.07, 6.45) is 0. The molecule has 66 valence electrons. The molecule has 0 aromatic carbocycles. The highest BCUT2D eigenvalue weighted by Gasteiger charge is 2.23. The number of halogens is 2. The van der Waals surface area contributed by atoms with E-state index in [1.54, 1.807) is 0 Å². The van der Waals surface area contributed by atoms with Crippen LogP contribution in [0, 0.1) is 0 Å². The van der Waals surface area contributed by atoms with Gasteiger partial charge >= 0.3 is 5.97 Å². The Morgan fingerprint density at radius 1 is 1.58 bits per heavy atom. The summed E-state index contributed by atoms with van der Waals surface area (Å²) in [5.41, 5.74) is 0. The van der Waals surface area contributed by atoms with Gasteiger partial charge in [-0.3, -0.25) is 0 Å². The van der Waals surface area contributed by atoms with Crippen LogP contribution in [0.25, 0.3) is 0 Å². The molecule has 0 unspecified atom stereocenters. The second-order valence-corrected chi connectivity index (χ2v) is 3.91. The lowest BCUT2D eigenvalue weighted by Gasteiger charge is -2.14. The number of allylic oxidation sites excluding steroid dienone is 1. The zero-order chi connectivity index (χ0) is 9.30. The third-order valence-electron chi connectivity index (χ3n) is 1.10. The first-order valence-corrected chi connectivity index (χ1v) is 4.44. The van der Waals surface area contributed by atoms with E-state index >= 15 is 0 Å². The highest BCUT2D eigenvalue weighted by Crippen LogP contribution is 2.40. The lowest BCUT2D eigenvalue weighted by Crippen LogP contribution is -2.05. The van der Waals surface area contributed by atoms with Crippen molar-refractivity contribution in [2.45, 2.75) is 6.92 Å². The Balaban J connectivity index is 2.93. The minimum Gasteiger partial charge on any atom is -0.477 e. The molecular formula is C6H4Cl2O3S. The van der Waals surface area contributed by atoms with E-state index in [0.717, 1.165) is 11.8 Å². The van der Waals surface area contributed by atoms with Gasteiger partial charge in [0.25, 0.3) is 0 Å². The number of carbonyl (C=O) groups is 1. The average Bonchev–Trinajstić information content (AvgIpc) is 1.96. The monoisotopic (exact) mass is 226 g/mol. The summed E-state index contributed by atoms with van der Waals surface area (Å²) in [6.45, 7) is 1.52. The number of carboxylic acid groups (broad SMARTS) is 1. The molecule has 3 nitrogen and oxygen atoms in total. The van der Waals surface area contributed by atoms with E-state index in [1.165, 1.54) is 6.92 Å². The van der Waals surface area contributed by atoms with Gasteiger partial charge in [0.2, 0.25) is 5.22 Å². The molecule has 1 aliphatic rings. The third-order valence-corrected chi connectivity index (χ3v) is 3.01. The van der Waals surface area contributed by atoms with Crippen molar-refractivity contribution in [1.29, 1.82) is 0 Å². The molecule has 1 N–H and O–H groups in total. The van der Waals surface area contributed by atoms with Crippen LogP contribution in [-0.4, -0.2) is 11.1 Å². The van der Waals surface area contributed by atoms with E-state index < -0.39 is 5.97 Å². The Kier molecular flexibility index (Phi) is 2.93. The molecule has 0 saturated carbocycles. The highest BCUT2D eigenvalue weighted by atomic mass is 35.5. The minimum absolute atomic E-state index is 0.0177. The molecule has 6 heteroatoms. The number of ether oxygens (including phenoxy) is 1. The molecule has 12 heavy (non-hydrogen) atoms. The van der Waals surface area contributed by atoms with E-state index in [9.17, 15) is 4.79 Å². The van der Waals surface area contributed by atoms with Crippen LogP contribution in [-0.2, 0) is 9.53 Å². The molecular weight excluding hydrogens is 223 g/mol. The highest BCUT2D eigenvalue weighted by molar-refractivity contribution is 8.09. The van der Waals surface area contributed by atoms with Gasteiger partial charge in [-0.25, -0.2) is 4.79 Å². The summed E-state index contributed by atoms with van der Waals surface area (Å²) in [6, 6.07) is 0. The van der Waals surface area contributed by atoms with Crippen LogP contribution >= 0.6 is 35.0 Å². The molecule has 0 atom stereocenters. The van der Waals surface area contributed by atoms with Crippen molar-refractivity contribution >= 4 is 40.9 Å². The summed E-state index contributed by atoms with van der Waals surface area (Å²) in [7, 11) is 0. The molecule has 0 aromatic heterocycles. The topological polar surface area (TPSA) is 46.5 Å². The summed E-state index contributed by atoms with van der Waals surface area (Å²) in [5, 5.41) is 8.65. The fourth-order valence-electron chi connectivity index (χ4n) is 0.617. The molecule has 0 aliphatic carbocycles. The van der Waals surface area contributed by atoms with E-state index in [2.05, 4.69) is 0 Å². The normalized spacial score (nSPS) is 17.9. The van der Waals surface area contributed by atoms with E-state index in [1.807, 2.05) is 0 Å². The zero-order valence-corrected chi connectivity index (χ0v) is 8.26. The molecule has 1 heterocycles. The Morgan fingerprint density at radius 3 is 2.67 bits per heavy atom. The maximum absolute atomic E-state index is 10.5. The van der Waals surface area contributed by atoms with Crippen molar-refractivity contribution in [3.63, 3.8) is 0 Å². The first-order valence-electron chi connectivity index (χ1n) is 2.87. The van der Waals surface area contributed by atoms with Crippen molar-refractivity contribution in [2.75, 3.05) is 0 Å². The van der Waals surface area contributed by atoms with Crippen molar-refractivity contribution in [3.8, 4) is 0 Å². The SMILES string of the molecule is CC1=C(C(=O)O)SC(Cl)=C(Cl)O1. The van der Waals surface area contributed by atoms with Crippen molar-refractivity contribution in [3.05, 3.63) is 20.2 Å². The summed E-state index contributed by atoms with van der Waals surface area (Å²) >= 11 is 11.9. The predicted octanol–water partition coefficient (Wildman–Crippen LogP) is 2.67. The molecule has 1 rings (SSSR count). The molecule has 1 aliphatic heterocycles. The fourth-order valence-corrected chi connectivity index (χ4v) is 1.69. The van der Waals surface area contributed by atoms with Gasteiger partial charge in [0.15, 0.2) is 0 Å². The number of hydrogen-bond acceptors (Lipinski definition) is 3. The van der Waals surface area contributed by atoms with Crippen LogP contribution in [0.15, 0.2) is 20.2 Å². The summed E-state index contributed by atoms with van der Waals surface area (Å²) in [4.78, 5) is 10.6. The van der Waals surface area contributed by atoms with E-state index in [0.29, 0.717) is 0 Å². The van der Waals surface area contributed by atoms with Gasteiger partial charge in [0.05, 0.1) is 0 Å². The van der Waals surface area contributed by atoms with Crippen LogP contribution in [0.2, 0.25) is 0 Å². The molecule has 0 bridgehead atoms. The van der Waals surface area contributed by atoms with Gasteiger partial charge in [-0.1, -0.05) is 23.4 Å². The van der Waals surface area contributed by atoms with Gasteiger partial charge < -0.3 is 9.84 Å². The molecule has 0 amide bonds. The van der Waals surface area contributed by atoms with Crippen LogP contribution in [0.4, 0.5) is 0 Å². The lowest BCUT2D eigenvalue weighted by atomic mass is 10.5. The third kappa shape index (κ3) is 1.88. The van der Waals surface area contributed by atoms with Crippen molar-refractivity contribution in [2.24, 2.45) is 0 Å². The lowest BCUT2D eigenvalue weighted by molar-refractivity contribution is -0.132. The van der Waals surface area contributed by atoms with Gasteiger partial charge in [-0.2, -0.15) is 0 Å². The zero-order valence-electron chi connectivity index (χ0n) is 5.93. The number of hydrogen-bond donors (Lipinski definition) is 1. The number of carboxylic acids is 1. The fraction of sp³-hybridized carbons (Fsp3) is 0.167. The van der Waals surface area contributed by atoms with Gasteiger partial charge in [0.1, 0.15) is 15.0 Å². The van der Waals surface area contributed by atoms with Crippen molar-refractivity contribution < 1.29 is 14.6 Å². The van der Waals surface area contributed by atoms with Gasteiger partial charge in [-0.05, 0) is 18.5 Å². The van der Waals surface area contributed by atoms with E-state index in [-0.39, 0.29) is 20.2 Å². The number of rotatable bonds is 1. The Bertz CT molecular complexity index is 295. The number of aliphatic carboxylic acids is 1. The standard InChI is InChI=1S/C6H4Cl2O3S/c1-2-3(6(9)10)12-5(8)4(7)11-2/h1H3,(H,9,10). The first kappa shape index (κ1) is 9.77. The Morgan fingerprint density at radius 2 is 2.17 bits per heavy atom. The average molecular weight is 227 g/mol. The predicted molar refractivity (Wildman–Crippen MR) is 47.7 cm³/mol. The molecule has 0 radical (unpaired) electrons. The van der Waals surface area contributed by atoms with E-state index in [4.69, 9.17) is 33.0 Å². The second kappa shape index (κ2) is 3.60. The quantitative estimate of drug-likeness (QED) is 0.747. The largest absolute Gasteiger partial charge is 0.477 e. The summed E-state index contributed by atoms with van der Waals surface area (Å²) < 4.78 is 5.00. The number of thioether (sulfide) groups is 1. The smallest absolute Gasteiger partial charge is 0.346 e. The second-order valence-electron chi connectivity index (χ2n) is 1.94.